The third-order valence-electron chi connectivity index (χ3n) is 5.30. The van der Waals surface area contributed by atoms with Crippen LogP contribution < -0.4 is 15.8 Å². The Labute approximate surface area is 163 Å². The number of aromatic amines is 1. The molecular formula is C22H24N4O2. The summed E-state index contributed by atoms with van der Waals surface area (Å²) in [6.45, 7) is 3.32. The Morgan fingerprint density at radius 1 is 1.21 bits per heavy atom. The Hall–Kier alpha value is -3.15. The fourth-order valence-electron chi connectivity index (χ4n) is 3.69. The zero-order valence-corrected chi connectivity index (χ0v) is 15.9. The molecule has 6 nitrogen and oxygen atoms in total. The average Bonchev–Trinajstić information content (AvgIpc) is 2.74. The van der Waals surface area contributed by atoms with Crippen LogP contribution in [0.25, 0.3) is 11.0 Å². The number of hydrogen-bond acceptors (Lipinski definition) is 4. The van der Waals surface area contributed by atoms with E-state index in [9.17, 15) is 9.59 Å². The number of carbonyl (C=O) groups is 1. The summed E-state index contributed by atoms with van der Waals surface area (Å²) in [7, 11) is 0. The highest BCUT2D eigenvalue weighted by molar-refractivity contribution is 5.93. The summed E-state index contributed by atoms with van der Waals surface area (Å²) in [4.78, 5) is 34.6. The molecule has 0 bridgehead atoms. The second kappa shape index (κ2) is 7.84. The molecule has 0 saturated carbocycles. The molecule has 0 unspecified atom stereocenters. The monoisotopic (exact) mass is 376 g/mol. The lowest BCUT2D eigenvalue weighted by molar-refractivity contribution is -0.120. The highest BCUT2D eigenvalue weighted by atomic mass is 16.2. The van der Waals surface area contributed by atoms with Crippen molar-refractivity contribution in [3.8, 4) is 0 Å². The molecule has 2 N–H and O–H groups in total. The topological polar surface area (TPSA) is 78.1 Å². The van der Waals surface area contributed by atoms with Crippen molar-refractivity contribution < 1.29 is 4.79 Å². The first-order chi connectivity index (χ1) is 13.6. The Morgan fingerprint density at radius 2 is 2.00 bits per heavy atom. The van der Waals surface area contributed by atoms with E-state index < -0.39 is 0 Å². The molecule has 1 amide bonds. The van der Waals surface area contributed by atoms with Crippen molar-refractivity contribution in [1.82, 2.24) is 9.97 Å². The van der Waals surface area contributed by atoms with Gasteiger partial charge in [0.05, 0.1) is 17.0 Å². The lowest BCUT2D eigenvalue weighted by Gasteiger charge is -2.32. The highest BCUT2D eigenvalue weighted by Crippen LogP contribution is 2.22. The van der Waals surface area contributed by atoms with Crippen LogP contribution in [0.2, 0.25) is 0 Å². The Balaban J connectivity index is 1.50. The van der Waals surface area contributed by atoms with Crippen molar-refractivity contribution >= 4 is 28.4 Å². The minimum absolute atomic E-state index is 0.00818. The van der Waals surface area contributed by atoms with E-state index in [-0.39, 0.29) is 17.4 Å². The van der Waals surface area contributed by atoms with Crippen molar-refractivity contribution in [3.63, 3.8) is 0 Å². The predicted octanol–water partition coefficient (Wildman–Crippen LogP) is 3.34. The van der Waals surface area contributed by atoms with E-state index >= 15 is 0 Å². The minimum Gasteiger partial charge on any atom is -0.351 e. The number of benzene rings is 2. The molecule has 2 heterocycles. The zero-order chi connectivity index (χ0) is 19.5. The molecule has 0 radical (unpaired) electrons. The third-order valence-corrected chi connectivity index (χ3v) is 5.30. The summed E-state index contributed by atoms with van der Waals surface area (Å²) in [6, 6.07) is 15.4. The maximum Gasteiger partial charge on any atom is 0.291 e. The number of nitrogens with one attached hydrogen (secondary N) is 2. The van der Waals surface area contributed by atoms with E-state index in [2.05, 4.69) is 22.2 Å². The van der Waals surface area contributed by atoms with E-state index in [1.165, 1.54) is 5.56 Å². The first kappa shape index (κ1) is 18.2. The van der Waals surface area contributed by atoms with E-state index in [4.69, 9.17) is 0 Å². The SMILES string of the molecule is CCc1ccc(NC(=O)[C@H]2CCCN(c3nc4ccccc4[nH]c3=O)C2)cc1. The molecule has 1 aliphatic rings. The number of H-pyrrole nitrogens is 1. The molecule has 3 aromatic rings. The molecule has 6 heteroatoms. The van der Waals surface area contributed by atoms with Gasteiger partial charge in [0.25, 0.3) is 5.56 Å². The van der Waals surface area contributed by atoms with Gasteiger partial charge in [0.15, 0.2) is 5.82 Å². The van der Waals surface area contributed by atoms with Crippen LogP contribution in [0.4, 0.5) is 11.5 Å². The number of amides is 1. The number of fused-ring (bicyclic) bond motifs is 1. The number of hydrogen-bond donors (Lipinski definition) is 2. The standard InChI is InChI=1S/C22H24N4O2/c1-2-15-9-11-17(12-10-15)23-21(27)16-6-5-13-26(14-16)20-22(28)25-19-8-4-3-7-18(19)24-20/h3-4,7-12,16H,2,5-6,13-14H2,1H3,(H,23,27)(H,25,28)/t16-/m0/s1. The summed E-state index contributed by atoms with van der Waals surface area (Å²) >= 11 is 0. The molecule has 1 aromatic heterocycles. The largest absolute Gasteiger partial charge is 0.351 e. The number of anilines is 2. The number of rotatable bonds is 4. The molecule has 2 aromatic carbocycles. The number of carbonyl (C=O) groups excluding carboxylic acids is 1. The number of para-hydroxylation sites is 2. The Bertz CT molecular complexity index is 1040. The molecule has 144 valence electrons. The van der Waals surface area contributed by atoms with Gasteiger partial charge in [-0.3, -0.25) is 9.59 Å². The summed E-state index contributed by atoms with van der Waals surface area (Å²) < 4.78 is 0. The van der Waals surface area contributed by atoms with E-state index in [1.807, 2.05) is 53.4 Å². The van der Waals surface area contributed by atoms with Crippen LogP contribution in [0, 0.1) is 5.92 Å². The van der Waals surface area contributed by atoms with Gasteiger partial charge in [0, 0.05) is 18.8 Å². The maximum atomic E-state index is 12.8. The second-order valence-corrected chi connectivity index (χ2v) is 7.23. The molecule has 1 fully saturated rings. The number of piperidine rings is 1. The molecule has 1 atom stereocenters. The van der Waals surface area contributed by atoms with Gasteiger partial charge in [-0.15, -0.1) is 0 Å². The van der Waals surface area contributed by atoms with Gasteiger partial charge in [-0.1, -0.05) is 31.2 Å². The number of nitrogens with zero attached hydrogens (tertiary/aromatic N) is 2. The Morgan fingerprint density at radius 3 is 2.79 bits per heavy atom. The van der Waals surface area contributed by atoms with Crippen LogP contribution in [0.3, 0.4) is 0 Å². The zero-order valence-electron chi connectivity index (χ0n) is 15.9. The van der Waals surface area contributed by atoms with Crippen molar-refractivity contribution in [2.24, 2.45) is 5.92 Å². The van der Waals surface area contributed by atoms with Gasteiger partial charge in [-0.25, -0.2) is 4.98 Å². The van der Waals surface area contributed by atoms with Crippen LogP contribution in [0.5, 0.6) is 0 Å². The number of aromatic nitrogens is 2. The summed E-state index contributed by atoms with van der Waals surface area (Å²) in [5.74, 6) is 0.210. The van der Waals surface area contributed by atoms with Crippen LogP contribution in [0.15, 0.2) is 53.3 Å². The van der Waals surface area contributed by atoms with Crippen LogP contribution >= 0.6 is 0 Å². The molecule has 0 aliphatic carbocycles. The average molecular weight is 376 g/mol. The summed E-state index contributed by atoms with van der Waals surface area (Å²) in [5, 5.41) is 3.01. The molecule has 4 rings (SSSR count). The molecular weight excluding hydrogens is 352 g/mol. The van der Waals surface area contributed by atoms with Crippen LogP contribution in [-0.2, 0) is 11.2 Å². The molecule has 1 aliphatic heterocycles. The van der Waals surface area contributed by atoms with Crippen molar-refractivity contribution in [2.45, 2.75) is 26.2 Å². The fourth-order valence-corrected chi connectivity index (χ4v) is 3.69. The molecule has 1 saturated heterocycles. The summed E-state index contributed by atoms with van der Waals surface area (Å²) in [6.07, 6.45) is 2.63. The van der Waals surface area contributed by atoms with Crippen molar-refractivity contribution in [3.05, 3.63) is 64.4 Å². The lowest BCUT2D eigenvalue weighted by Crippen LogP contribution is -2.43. The second-order valence-electron chi connectivity index (χ2n) is 7.23. The first-order valence-corrected chi connectivity index (χ1v) is 9.78. The predicted molar refractivity (Wildman–Crippen MR) is 112 cm³/mol. The van der Waals surface area contributed by atoms with E-state index in [1.54, 1.807) is 0 Å². The lowest BCUT2D eigenvalue weighted by atomic mass is 9.97. The first-order valence-electron chi connectivity index (χ1n) is 9.78. The highest BCUT2D eigenvalue weighted by Gasteiger charge is 2.28. The van der Waals surface area contributed by atoms with Crippen LogP contribution in [0.1, 0.15) is 25.3 Å². The van der Waals surface area contributed by atoms with Gasteiger partial charge in [-0.05, 0) is 49.1 Å². The van der Waals surface area contributed by atoms with Crippen molar-refractivity contribution in [2.75, 3.05) is 23.3 Å². The molecule has 28 heavy (non-hydrogen) atoms. The van der Waals surface area contributed by atoms with Gasteiger partial charge in [0.1, 0.15) is 0 Å². The smallest absolute Gasteiger partial charge is 0.291 e. The van der Waals surface area contributed by atoms with Gasteiger partial charge in [0.2, 0.25) is 5.91 Å². The van der Waals surface area contributed by atoms with E-state index in [0.717, 1.165) is 42.5 Å². The summed E-state index contributed by atoms with van der Waals surface area (Å²) in [5.41, 5.74) is 3.30. The normalized spacial score (nSPS) is 16.9. The third kappa shape index (κ3) is 3.76. The van der Waals surface area contributed by atoms with Crippen LogP contribution in [-0.4, -0.2) is 29.0 Å². The fraction of sp³-hybridized carbons (Fsp3) is 0.318. The van der Waals surface area contributed by atoms with Gasteiger partial charge in [-0.2, -0.15) is 0 Å². The molecule has 0 spiro atoms. The maximum absolute atomic E-state index is 12.8. The van der Waals surface area contributed by atoms with E-state index in [0.29, 0.717) is 12.4 Å². The quantitative estimate of drug-likeness (QED) is 0.732. The van der Waals surface area contributed by atoms with Gasteiger partial charge >= 0.3 is 0 Å². The minimum atomic E-state index is -0.213. The van der Waals surface area contributed by atoms with Crippen molar-refractivity contribution in [1.29, 1.82) is 0 Å². The Kier molecular flexibility index (Phi) is 5.10. The number of aryl methyl sites for hydroxylation is 1. The van der Waals surface area contributed by atoms with Gasteiger partial charge < -0.3 is 15.2 Å².